The van der Waals surface area contributed by atoms with Crippen LogP contribution in [0.25, 0.3) is 0 Å². The fourth-order valence-electron chi connectivity index (χ4n) is 1.39. The predicted molar refractivity (Wildman–Crippen MR) is 73.8 cm³/mol. The highest BCUT2D eigenvalue weighted by Gasteiger charge is 2.02. The summed E-state index contributed by atoms with van der Waals surface area (Å²) in [6.07, 6.45) is 1.13. The highest BCUT2D eigenvalue weighted by molar-refractivity contribution is 7.99. The first-order valence-electron chi connectivity index (χ1n) is 5.95. The van der Waals surface area contributed by atoms with Crippen LogP contribution in [0, 0.1) is 0 Å². The third kappa shape index (κ3) is 6.51. The van der Waals surface area contributed by atoms with Crippen LogP contribution in [0.1, 0.15) is 12.0 Å². The Kier molecular flexibility index (Phi) is 7.29. The molecule has 18 heavy (non-hydrogen) atoms. The monoisotopic (exact) mass is 269 g/mol. The number of carbonyl (C=O) groups is 1. The Balaban J connectivity index is 2.12. The van der Waals surface area contributed by atoms with Crippen molar-refractivity contribution in [3.05, 3.63) is 29.8 Å². The van der Waals surface area contributed by atoms with E-state index in [9.17, 15) is 4.79 Å². The predicted octanol–water partition coefficient (Wildman–Crippen LogP) is 1.17. The van der Waals surface area contributed by atoms with Crippen molar-refractivity contribution >= 4 is 17.7 Å². The topological polar surface area (TPSA) is 69.6 Å². The summed E-state index contributed by atoms with van der Waals surface area (Å²) in [4.78, 5) is 11.6. The Morgan fingerprint density at radius 1 is 1.22 bits per heavy atom. The molecule has 0 fully saturated rings. The lowest BCUT2D eigenvalue weighted by Gasteiger charge is -2.05. The van der Waals surface area contributed by atoms with Crippen LogP contribution in [0.4, 0.5) is 0 Å². The summed E-state index contributed by atoms with van der Waals surface area (Å²) in [5.74, 6) is 1.98. The fraction of sp³-hybridized carbons (Fsp3) is 0.462. The lowest BCUT2D eigenvalue weighted by molar-refractivity contribution is -0.120. The van der Waals surface area contributed by atoms with E-state index in [1.54, 1.807) is 36.0 Å². The van der Waals surface area contributed by atoms with Gasteiger partial charge in [-0.2, -0.15) is 11.8 Å². The number of phenols is 1. The van der Waals surface area contributed by atoms with E-state index in [-0.39, 0.29) is 18.3 Å². The summed E-state index contributed by atoms with van der Waals surface area (Å²) < 4.78 is 0. The van der Waals surface area contributed by atoms with Gasteiger partial charge in [-0.1, -0.05) is 12.1 Å². The number of phenolic OH excluding ortho intramolecular Hbond substituents is 1. The molecule has 1 amide bonds. The molecule has 100 valence electrons. The van der Waals surface area contributed by atoms with Crippen molar-refractivity contribution in [2.75, 3.05) is 24.7 Å². The van der Waals surface area contributed by atoms with Crippen LogP contribution in [0.5, 0.6) is 5.75 Å². The standard InChI is InChI=1S/C13H19NO3S/c15-7-1-8-18-9-6-14-13(17)10-11-2-4-12(16)5-3-11/h2-5,15-16H,1,6-10H2,(H,14,17). The maximum atomic E-state index is 11.6. The number of carbonyl (C=O) groups excluding carboxylic acids is 1. The van der Waals surface area contributed by atoms with Crippen molar-refractivity contribution in [2.45, 2.75) is 12.8 Å². The van der Waals surface area contributed by atoms with Gasteiger partial charge in [-0.25, -0.2) is 0 Å². The van der Waals surface area contributed by atoms with E-state index in [0.717, 1.165) is 23.5 Å². The molecule has 0 saturated carbocycles. The molecule has 5 heteroatoms. The van der Waals surface area contributed by atoms with Crippen LogP contribution in [0.3, 0.4) is 0 Å². The number of hydrogen-bond donors (Lipinski definition) is 3. The fourth-order valence-corrected chi connectivity index (χ4v) is 2.18. The third-order valence-corrected chi connectivity index (χ3v) is 3.39. The van der Waals surface area contributed by atoms with Gasteiger partial charge in [0.15, 0.2) is 0 Å². The molecule has 0 radical (unpaired) electrons. The van der Waals surface area contributed by atoms with Gasteiger partial charge in [-0.05, 0) is 29.9 Å². The Morgan fingerprint density at radius 2 is 1.94 bits per heavy atom. The van der Waals surface area contributed by atoms with Gasteiger partial charge in [0.2, 0.25) is 5.91 Å². The van der Waals surface area contributed by atoms with E-state index in [2.05, 4.69) is 5.32 Å². The minimum Gasteiger partial charge on any atom is -0.508 e. The number of aromatic hydroxyl groups is 1. The number of nitrogens with one attached hydrogen (secondary N) is 1. The number of benzene rings is 1. The largest absolute Gasteiger partial charge is 0.508 e. The first-order chi connectivity index (χ1) is 8.72. The van der Waals surface area contributed by atoms with E-state index >= 15 is 0 Å². The molecule has 3 N–H and O–H groups in total. The summed E-state index contributed by atoms with van der Waals surface area (Å²) in [5.41, 5.74) is 0.887. The third-order valence-electron chi connectivity index (χ3n) is 2.32. The molecule has 0 bridgehead atoms. The second kappa shape index (κ2) is 8.83. The van der Waals surface area contributed by atoms with Gasteiger partial charge in [-0.15, -0.1) is 0 Å². The highest BCUT2D eigenvalue weighted by atomic mass is 32.2. The quantitative estimate of drug-likeness (QED) is 0.620. The zero-order valence-electron chi connectivity index (χ0n) is 10.3. The zero-order chi connectivity index (χ0) is 13.2. The van der Waals surface area contributed by atoms with Gasteiger partial charge in [0, 0.05) is 18.9 Å². The van der Waals surface area contributed by atoms with Crippen molar-refractivity contribution in [1.82, 2.24) is 5.32 Å². The molecule has 0 atom stereocenters. The van der Waals surface area contributed by atoms with Crippen molar-refractivity contribution in [3.63, 3.8) is 0 Å². The number of aliphatic hydroxyl groups excluding tert-OH is 1. The normalized spacial score (nSPS) is 10.3. The molecule has 0 saturated heterocycles. The molecular formula is C13H19NO3S. The molecule has 0 unspecified atom stereocenters. The minimum absolute atomic E-state index is 0.0107. The Hall–Kier alpha value is -1.20. The van der Waals surface area contributed by atoms with E-state index in [0.29, 0.717) is 13.0 Å². The molecule has 0 aliphatic carbocycles. The minimum atomic E-state index is -0.0107. The first-order valence-corrected chi connectivity index (χ1v) is 7.11. The lowest BCUT2D eigenvalue weighted by Crippen LogP contribution is -2.27. The van der Waals surface area contributed by atoms with Crippen molar-refractivity contribution in [2.24, 2.45) is 0 Å². The average Bonchev–Trinajstić information content (AvgIpc) is 2.36. The van der Waals surface area contributed by atoms with Crippen molar-refractivity contribution in [1.29, 1.82) is 0 Å². The first kappa shape index (κ1) is 14.9. The maximum Gasteiger partial charge on any atom is 0.224 e. The van der Waals surface area contributed by atoms with Gasteiger partial charge in [-0.3, -0.25) is 4.79 Å². The van der Waals surface area contributed by atoms with Crippen LogP contribution in [-0.2, 0) is 11.2 Å². The number of rotatable bonds is 8. The van der Waals surface area contributed by atoms with E-state index in [4.69, 9.17) is 10.2 Å². The van der Waals surface area contributed by atoms with Crippen LogP contribution in [0.2, 0.25) is 0 Å². The van der Waals surface area contributed by atoms with Crippen LogP contribution in [0.15, 0.2) is 24.3 Å². The van der Waals surface area contributed by atoms with Crippen molar-refractivity contribution < 1.29 is 15.0 Å². The molecule has 0 heterocycles. The second-order valence-electron chi connectivity index (χ2n) is 3.88. The zero-order valence-corrected chi connectivity index (χ0v) is 11.1. The molecule has 1 rings (SSSR count). The van der Waals surface area contributed by atoms with Gasteiger partial charge < -0.3 is 15.5 Å². The van der Waals surface area contributed by atoms with Gasteiger partial charge >= 0.3 is 0 Å². The molecule has 0 aromatic heterocycles. The van der Waals surface area contributed by atoms with Crippen LogP contribution in [-0.4, -0.2) is 40.8 Å². The van der Waals surface area contributed by atoms with Crippen LogP contribution >= 0.6 is 11.8 Å². The molecule has 0 spiro atoms. The molecule has 0 aliphatic rings. The number of aliphatic hydroxyl groups is 1. The summed E-state index contributed by atoms with van der Waals surface area (Å²) in [6, 6.07) is 6.64. The molecular weight excluding hydrogens is 250 g/mol. The van der Waals surface area contributed by atoms with E-state index in [1.807, 2.05) is 0 Å². The van der Waals surface area contributed by atoms with E-state index < -0.39 is 0 Å². The average molecular weight is 269 g/mol. The summed E-state index contributed by atoms with van der Waals surface area (Å²) in [7, 11) is 0. The molecule has 0 aliphatic heterocycles. The SMILES string of the molecule is O=C(Cc1ccc(O)cc1)NCCSCCCO. The van der Waals surface area contributed by atoms with Gasteiger partial charge in [0.1, 0.15) is 5.75 Å². The summed E-state index contributed by atoms with van der Waals surface area (Å²) in [5, 5.41) is 20.5. The molecule has 1 aromatic rings. The maximum absolute atomic E-state index is 11.6. The number of thioether (sulfide) groups is 1. The van der Waals surface area contributed by atoms with Gasteiger partial charge in [0.05, 0.1) is 6.42 Å². The van der Waals surface area contributed by atoms with E-state index in [1.165, 1.54) is 0 Å². The smallest absolute Gasteiger partial charge is 0.224 e. The van der Waals surface area contributed by atoms with Crippen LogP contribution < -0.4 is 5.32 Å². The van der Waals surface area contributed by atoms with Crippen molar-refractivity contribution in [3.8, 4) is 5.75 Å². The number of amides is 1. The second-order valence-corrected chi connectivity index (χ2v) is 5.11. The Morgan fingerprint density at radius 3 is 2.61 bits per heavy atom. The van der Waals surface area contributed by atoms with Gasteiger partial charge in [0.25, 0.3) is 0 Å². The molecule has 1 aromatic carbocycles. The number of hydrogen-bond acceptors (Lipinski definition) is 4. The lowest BCUT2D eigenvalue weighted by atomic mass is 10.1. The molecule has 4 nitrogen and oxygen atoms in total. The Bertz CT molecular complexity index is 354. The summed E-state index contributed by atoms with van der Waals surface area (Å²) >= 11 is 1.72. The highest BCUT2D eigenvalue weighted by Crippen LogP contribution is 2.09. The summed E-state index contributed by atoms with van der Waals surface area (Å²) in [6.45, 7) is 0.868. The Labute approximate surface area is 111 Å².